The summed E-state index contributed by atoms with van der Waals surface area (Å²) in [6, 6.07) is 19.6. The first-order valence-corrected chi connectivity index (χ1v) is 15.2. The molecular weight excluding hydrogens is 529 g/mol. The molecule has 9 heteroatoms. The normalized spacial score (nSPS) is 12.0. The Hall–Kier alpha value is -3.72. The number of halogens is 1. The predicted octanol–water partition coefficient (Wildman–Crippen LogP) is 4.76. The number of unbranched alkanes of at least 4 members (excludes halogenated alkanes) is 1. The van der Waals surface area contributed by atoms with E-state index >= 15 is 0 Å². The number of nitrogens with zero attached hydrogens (tertiary/aromatic N) is 2. The second-order valence-corrected chi connectivity index (χ2v) is 12.0. The minimum absolute atomic E-state index is 0.00220. The van der Waals surface area contributed by atoms with Crippen molar-refractivity contribution < 1.29 is 22.4 Å². The highest BCUT2D eigenvalue weighted by molar-refractivity contribution is 7.92. The molecule has 0 saturated heterocycles. The van der Waals surface area contributed by atoms with Crippen molar-refractivity contribution in [3.05, 3.63) is 101 Å². The fraction of sp³-hybridized carbons (Fsp3) is 0.355. The van der Waals surface area contributed by atoms with Gasteiger partial charge >= 0.3 is 0 Å². The quantitative estimate of drug-likeness (QED) is 0.302. The third-order valence-corrected chi connectivity index (χ3v) is 7.81. The Labute approximate surface area is 237 Å². The molecule has 0 heterocycles. The molecule has 0 saturated carbocycles. The molecule has 40 heavy (non-hydrogen) atoms. The van der Waals surface area contributed by atoms with Gasteiger partial charge in [0.2, 0.25) is 21.8 Å². The lowest BCUT2D eigenvalue weighted by molar-refractivity contribution is -0.140. The van der Waals surface area contributed by atoms with Crippen LogP contribution in [0.1, 0.15) is 42.0 Å². The molecule has 1 N–H and O–H groups in total. The standard InChI is InChI=1S/C31H38FN3O4S/c1-5-6-18-33-31(37)29(20-25-10-8-7-9-11-25)34(21-26-14-16-27(32)17-15-26)30(36)22-35(40(4,38)39)28-19-23(2)12-13-24(28)3/h7-17,19,29H,5-6,18,20-22H2,1-4H3,(H,33,37)/t29-/m1/s1. The monoisotopic (exact) mass is 567 g/mol. The Bertz CT molecular complexity index is 1400. The van der Waals surface area contributed by atoms with Gasteiger partial charge in [-0.3, -0.25) is 13.9 Å². The molecule has 0 spiro atoms. The van der Waals surface area contributed by atoms with Gasteiger partial charge in [-0.15, -0.1) is 0 Å². The van der Waals surface area contributed by atoms with Gasteiger partial charge in [0.1, 0.15) is 18.4 Å². The molecule has 0 aromatic heterocycles. The van der Waals surface area contributed by atoms with Crippen molar-refractivity contribution >= 4 is 27.5 Å². The van der Waals surface area contributed by atoms with Crippen LogP contribution in [-0.4, -0.2) is 50.5 Å². The summed E-state index contributed by atoms with van der Waals surface area (Å²) in [4.78, 5) is 29.0. The zero-order valence-electron chi connectivity index (χ0n) is 23.6. The third kappa shape index (κ3) is 8.64. The van der Waals surface area contributed by atoms with E-state index in [0.29, 0.717) is 23.4 Å². The molecule has 0 bridgehead atoms. The second-order valence-electron chi connectivity index (χ2n) is 10.1. The number of hydrogen-bond donors (Lipinski definition) is 1. The third-order valence-electron chi connectivity index (χ3n) is 6.68. The predicted molar refractivity (Wildman–Crippen MR) is 157 cm³/mol. The van der Waals surface area contributed by atoms with E-state index in [1.54, 1.807) is 25.1 Å². The molecule has 3 aromatic carbocycles. The summed E-state index contributed by atoms with van der Waals surface area (Å²) in [7, 11) is -3.85. The highest BCUT2D eigenvalue weighted by atomic mass is 32.2. The lowest BCUT2D eigenvalue weighted by Gasteiger charge is -2.34. The Balaban J connectivity index is 2.05. The summed E-state index contributed by atoms with van der Waals surface area (Å²) in [5.74, 6) is -1.29. The fourth-order valence-electron chi connectivity index (χ4n) is 4.43. The SMILES string of the molecule is CCCCNC(=O)[C@@H](Cc1ccccc1)N(Cc1ccc(F)cc1)C(=O)CN(c1cc(C)ccc1C)S(C)(=O)=O. The number of rotatable bonds is 13. The number of benzene rings is 3. The molecule has 0 fully saturated rings. The van der Waals surface area contributed by atoms with E-state index in [4.69, 9.17) is 0 Å². The zero-order valence-corrected chi connectivity index (χ0v) is 24.4. The number of nitrogens with one attached hydrogen (secondary N) is 1. The molecule has 1 atom stereocenters. The topological polar surface area (TPSA) is 86.8 Å². The smallest absolute Gasteiger partial charge is 0.244 e. The minimum Gasteiger partial charge on any atom is -0.354 e. The maximum atomic E-state index is 14.1. The van der Waals surface area contributed by atoms with Gasteiger partial charge in [-0.2, -0.15) is 0 Å². The average Bonchev–Trinajstić information content (AvgIpc) is 2.91. The summed E-state index contributed by atoms with van der Waals surface area (Å²) in [5, 5.41) is 2.94. The van der Waals surface area contributed by atoms with Crippen LogP contribution in [0, 0.1) is 19.7 Å². The summed E-state index contributed by atoms with van der Waals surface area (Å²) in [6.45, 7) is 5.62. The highest BCUT2D eigenvalue weighted by Gasteiger charge is 2.33. The van der Waals surface area contributed by atoms with Gasteiger partial charge in [0, 0.05) is 19.5 Å². The van der Waals surface area contributed by atoms with Crippen LogP contribution in [0.15, 0.2) is 72.8 Å². The van der Waals surface area contributed by atoms with Crippen LogP contribution < -0.4 is 9.62 Å². The maximum Gasteiger partial charge on any atom is 0.244 e. The first-order valence-electron chi connectivity index (χ1n) is 13.4. The first kappa shape index (κ1) is 30.8. The van der Waals surface area contributed by atoms with E-state index in [2.05, 4.69) is 5.32 Å². The van der Waals surface area contributed by atoms with E-state index in [9.17, 15) is 22.4 Å². The summed E-state index contributed by atoms with van der Waals surface area (Å²) < 4.78 is 40.7. The van der Waals surface area contributed by atoms with Gasteiger partial charge in [0.25, 0.3) is 0 Å². The fourth-order valence-corrected chi connectivity index (χ4v) is 5.33. The van der Waals surface area contributed by atoms with Crippen molar-refractivity contribution in [3.63, 3.8) is 0 Å². The van der Waals surface area contributed by atoms with E-state index in [1.807, 2.05) is 56.3 Å². The Morgan fingerprint density at radius 2 is 1.62 bits per heavy atom. The van der Waals surface area contributed by atoms with Crippen LogP contribution >= 0.6 is 0 Å². The lowest BCUT2D eigenvalue weighted by Crippen LogP contribution is -2.53. The molecule has 0 unspecified atom stereocenters. The summed E-state index contributed by atoms with van der Waals surface area (Å²) in [6.07, 6.45) is 2.96. The molecule has 3 rings (SSSR count). The van der Waals surface area contributed by atoms with Crippen molar-refractivity contribution in [1.82, 2.24) is 10.2 Å². The Morgan fingerprint density at radius 1 is 0.950 bits per heavy atom. The average molecular weight is 568 g/mol. The number of carbonyl (C=O) groups is 2. The number of sulfonamides is 1. The van der Waals surface area contributed by atoms with Gasteiger partial charge < -0.3 is 10.2 Å². The molecular formula is C31H38FN3O4S. The zero-order chi connectivity index (χ0) is 29.3. The van der Waals surface area contributed by atoms with E-state index in [-0.39, 0.29) is 18.9 Å². The van der Waals surface area contributed by atoms with E-state index < -0.39 is 34.3 Å². The lowest BCUT2D eigenvalue weighted by atomic mass is 10.0. The van der Waals surface area contributed by atoms with Crippen molar-refractivity contribution in [2.24, 2.45) is 0 Å². The summed E-state index contributed by atoms with van der Waals surface area (Å²) >= 11 is 0. The second kappa shape index (κ2) is 14.1. The number of hydrogen-bond acceptors (Lipinski definition) is 4. The molecule has 0 aliphatic rings. The van der Waals surface area contributed by atoms with Crippen LogP contribution in [0.4, 0.5) is 10.1 Å². The molecule has 0 aliphatic carbocycles. The van der Waals surface area contributed by atoms with Crippen molar-refractivity contribution in [1.29, 1.82) is 0 Å². The molecule has 7 nitrogen and oxygen atoms in total. The van der Waals surface area contributed by atoms with Crippen LogP contribution in [0.3, 0.4) is 0 Å². The van der Waals surface area contributed by atoms with Gasteiger partial charge in [0.05, 0.1) is 11.9 Å². The van der Waals surface area contributed by atoms with Crippen LogP contribution in [0.25, 0.3) is 0 Å². The molecule has 2 amide bonds. The number of anilines is 1. The number of carbonyl (C=O) groups excluding carboxylic acids is 2. The van der Waals surface area contributed by atoms with Crippen LogP contribution in [0.2, 0.25) is 0 Å². The first-order chi connectivity index (χ1) is 19.0. The maximum absolute atomic E-state index is 14.1. The van der Waals surface area contributed by atoms with Gasteiger partial charge in [-0.1, -0.05) is 67.9 Å². The highest BCUT2D eigenvalue weighted by Crippen LogP contribution is 2.25. The van der Waals surface area contributed by atoms with Crippen molar-refractivity contribution in [2.45, 2.75) is 52.6 Å². The summed E-state index contributed by atoms with van der Waals surface area (Å²) in [5.41, 5.74) is 3.43. The number of amides is 2. The molecule has 0 aliphatic heterocycles. The van der Waals surface area contributed by atoms with Gasteiger partial charge in [-0.05, 0) is 60.7 Å². The van der Waals surface area contributed by atoms with Gasteiger partial charge in [0.15, 0.2) is 0 Å². The molecule has 0 radical (unpaired) electrons. The minimum atomic E-state index is -3.85. The number of aryl methyl sites for hydroxylation is 2. The van der Waals surface area contributed by atoms with E-state index in [1.165, 1.54) is 17.0 Å². The van der Waals surface area contributed by atoms with Gasteiger partial charge in [-0.25, -0.2) is 12.8 Å². The molecule has 3 aromatic rings. The molecule has 214 valence electrons. The Kier molecular flexibility index (Phi) is 10.8. The van der Waals surface area contributed by atoms with Crippen LogP contribution in [0.5, 0.6) is 0 Å². The Morgan fingerprint density at radius 3 is 2.25 bits per heavy atom. The van der Waals surface area contributed by atoms with E-state index in [0.717, 1.165) is 34.5 Å². The van der Waals surface area contributed by atoms with Crippen LogP contribution in [-0.2, 0) is 32.6 Å². The largest absolute Gasteiger partial charge is 0.354 e. The van der Waals surface area contributed by atoms with Crippen molar-refractivity contribution in [2.75, 3.05) is 23.7 Å². The van der Waals surface area contributed by atoms with Crippen molar-refractivity contribution in [3.8, 4) is 0 Å².